The van der Waals surface area contributed by atoms with Crippen molar-refractivity contribution < 1.29 is 32.5 Å². The van der Waals surface area contributed by atoms with Crippen LogP contribution in [-0.2, 0) is 11.3 Å². The lowest BCUT2D eigenvalue weighted by Gasteiger charge is -2.41. The molecule has 42 heavy (non-hydrogen) atoms. The number of halogens is 2. The number of hydrogen-bond donors (Lipinski definition) is 1. The second kappa shape index (κ2) is 13.8. The number of morpholine rings is 1. The van der Waals surface area contributed by atoms with Crippen molar-refractivity contribution in [2.75, 3.05) is 70.4 Å². The standard InChI is InChI=1S/C30H37F2N5O5/c1-4-41-25-15-20(5-6-24(25)37-9-7-21(8-10-37)36-11-13-40-14-12-36)35-30-33-17-22(18-34-30)42-19-23-28(31)26(38-2)16-27(39-3)29(23)32/h5-6,15-18,21H,4,7-14,19H2,1-3H3,(H,33,34,35). The molecule has 0 atom stereocenters. The quantitative estimate of drug-likeness (QED) is 0.339. The lowest BCUT2D eigenvalue weighted by atomic mass is 10.0. The summed E-state index contributed by atoms with van der Waals surface area (Å²) in [6.07, 6.45) is 5.08. The van der Waals surface area contributed by atoms with Gasteiger partial charge in [0, 0.05) is 50.0 Å². The molecule has 3 heterocycles. The van der Waals surface area contributed by atoms with E-state index in [1.165, 1.54) is 26.6 Å². The van der Waals surface area contributed by atoms with Gasteiger partial charge in [-0.05, 0) is 31.9 Å². The van der Waals surface area contributed by atoms with E-state index in [0.717, 1.165) is 75.4 Å². The van der Waals surface area contributed by atoms with E-state index in [1.54, 1.807) is 0 Å². The Morgan fingerprint density at radius 1 is 0.905 bits per heavy atom. The van der Waals surface area contributed by atoms with Crippen molar-refractivity contribution in [1.29, 1.82) is 0 Å². The maximum atomic E-state index is 14.6. The second-order valence-corrected chi connectivity index (χ2v) is 10.0. The zero-order valence-electron chi connectivity index (χ0n) is 24.2. The van der Waals surface area contributed by atoms with Gasteiger partial charge in [0.2, 0.25) is 5.95 Å². The number of ether oxygens (including phenoxy) is 5. The monoisotopic (exact) mass is 585 g/mol. The summed E-state index contributed by atoms with van der Waals surface area (Å²) in [4.78, 5) is 13.5. The van der Waals surface area contributed by atoms with E-state index >= 15 is 0 Å². The summed E-state index contributed by atoms with van der Waals surface area (Å²) in [5.41, 5.74) is 1.52. The Hall–Kier alpha value is -3.90. The lowest BCUT2D eigenvalue weighted by molar-refractivity contribution is 0.0115. The Morgan fingerprint density at radius 3 is 2.19 bits per heavy atom. The van der Waals surface area contributed by atoms with Crippen LogP contribution in [0, 0.1) is 11.6 Å². The zero-order valence-corrected chi connectivity index (χ0v) is 24.2. The van der Waals surface area contributed by atoms with E-state index in [2.05, 4.69) is 31.2 Å². The molecular formula is C30H37F2N5O5. The second-order valence-electron chi connectivity index (χ2n) is 10.0. The van der Waals surface area contributed by atoms with Gasteiger partial charge in [0.05, 0.1) is 57.7 Å². The summed E-state index contributed by atoms with van der Waals surface area (Å²) in [6.45, 7) is 7.72. The van der Waals surface area contributed by atoms with Gasteiger partial charge < -0.3 is 33.9 Å². The van der Waals surface area contributed by atoms with Crippen LogP contribution in [0.1, 0.15) is 25.3 Å². The third-order valence-electron chi connectivity index (χ3n) is 7.56. The third-order valence-corrected chi connectivity index (χ3v) is 7.56. The van der Waals surface area contributed by atoms with Crippen LogP contribution >= 0.6 is 0 Å². The van der Waals surface area contributed by atoms with E-state index in [-0.39, 0.29) is 22.8 Å². The van der Waals surface area contributed by atoms with E-state index in [4.69, 9.17) is 23.7 Å². The molecule has 2 saturated heterocycles. The number of rotatable bonds is 11. The molecule has 0 bridgehead atoms. The van der Waals surface area contributed by atoms with Gasteiger partial charge in [0.15, 0.2) is 28.9 Å². The van der Waals surface area contributed by atoms with Crippen molar-refractivity contribution in [2.24, 2.45) is 0 Å². The van der Waals surface area contributed by atoms with E-state index in [9.17, 15) is 8.78 Å². The highest BCUT2D eigenvalue weighted by Crippen LogP contribution is 2.35. The van der Waals surface area contributed by atoms with E-state index in [1.807, 2.05) is 19.1 Å². The van der Waals surface area contributed by atoms with Crippen molar-refractivity contribution in [2.45, 2.75) is 32.4 Å². The maximum Gasteiger partial charge on any atom is 0.227 e. The number of aromatic nitrogens is 2. The minimum Gasteiger partial charge on any atom is -0.494 e. The maximum absolute atomic E-state index is 14.6. The van der Waals surface area contributed by atoms with Crippen LogP contribution < -0.4 is 29.2 Å². The number of anilines is 3. The number of hydrogen-bond acceptors (Lipinski definition) is 10. The molecule has 3 aromatic rings. The molecule has 12 heteroatoms. The fourth-order valence-corrected chi connectivity index (χ4v) is 5.34. The highest BCUT2D eigenvalue weighted by atomic mass is 19.1. The molecular weight excluding hydrogens is 548 g/mol. The van der Waals surface area contributed by atoms with Gasteiger partial charge in [-0.25, -0.2) is 18.7 Å². The molecule has 0 saturated carbocycles. The largest absolute Gasteiger partial charge is 0.494 e. The minimum atomic E-state index is -0.856. The molecule has 5 rings (SSSR count). The van der Waals surface area contributed by atoms with Crippen molar-refractivity contribution in [3.63, 3.8) is 0 Å². The Morgan fingerprint density at radius 2 is 1.57 bits per heavy atom. The fraction of sp³-hybridized carbons (Fsp3) is 0.467. The van der Waals surface area contributed by atoms with Gasteiger partial charge in [-0.15, -0.1) is 0 Å². The molecule has 2 aliphatic heterocycles. The van der Waals surface area contributed by atoms with Gasteiger partial charge in [-0.2, -0.15) is 0 Å². The van der Waals surface area contributed by atoms with E-state index < -0.39 is 18.2 Å². The van der Waals surface area contributed by atoms with Gasteiger partial charge in [0.1, 0.15) is 12.4 Å². The Labute approximate surface area is 244 Å². The summed E-state index contributed by atoms with van der Waals surface area (Å²) in [7, 11) is 2.58. The molecule has 1 aromatic heterocycles. The summed E-state index contributed by atoms with van der Waals surface area (Å²) in [5, 5.41) is 3.18. The predicted molar refractivity (Wildman–Crippen MR) is 154 cm³/mol. The first kappa shape index (κ1) is 29.6. The molecule has 2 aromatic carbocycles. The van der Waals surface area contributed by atoms with Crippen molar-refractivity contribution in [1.82, 2.24) is 14.9 Å². The number of benzene rings is 2. The average molecular weight is 586 g/mol. The molecule has 0 aliphatic carbocycles. The van der Waals surface area contributed by atoms with Crippen LogP contribution in [0.15, 0.2) is 36.7 Å². The Balaban J connectivity index is 1.21. The van der Waals surface area contributed by atoms with E-state index in [0.29, 0.717) is 18.6 Å². The summed E-state index contributed by atoms with van der Waals surface area (Å²) < 4.78 is 56.3. The summed E-state index contributed by atoms with van der Waals surface area (Å²) in [6, 6.07) is 7.73. The lowest BCUT2D eigenvalue weighted by Crippen LogP contribution is -2.49. The predicted octanol–water partition coefficient (Wildman–Crippen LogP) is 4.79. The smallest absolute Gasteiger partial charge is 0.227 e. The van der Waals surface area contributed by atoms with Gasteiger partial charge in [-0.3, -0.25) is 4.90 Å². The topological polar surface area (TPSA) is 90.4 Å². The highest BCUT2D eigenvalue weighted by Gasteiger charge is 2.27. The summed E-state index contributed by atoms with van der Waals surface area (Å²) in [5.74, 6) is -0.619. The Kier molecular flexibility index (Phi) is 9.75. The van der Waals surface area contributed by atoms with Crippen molar-refractivity contribution in [3.8, 4) is 23.0 Å². The molecule has 2 aliphatic rings. The van der Waals surface area contributed by atoms with Gasteiger partial charge in [-0.1, -0.05) is 0 Å². The number of methoxy groups -OCH3 is 2. The first-order valence-electron chi connectivity index (χ1n) is 14.1. The molecule has 2 fully saturated rings. The van der Waals surface area contributed by atoms with Crippen LogP contribution in [-0.4, -0.2) is 81.1 Å². The van der Waals surface area contributed by atoms with Crippen molar-refractivity contribution >= 4 is 17.3 Å². The van der Waals surface area contributed by atoms with Crippen LogP contribution in [0.4, 0.5) is 26.1 Å². The number of piperidine rings is 1. The molecule has 226 valence electrons. The van der Waals surface area contributed by atoms with Gasteiger partial charge in [0.25, 0.3) is 0 Å². The van der Waals surface area contributed by atoms with Crippen LogP contribution in [0.2, 0.25) is 0 Å². The fourth-order valence-electron chi connectivity index (χ4n) is 5.34. The van der Waals surface area contributed by atoms with Crippen LogP contribution in [0.5, 0.6) is 23.0 Å². The van der Waals surface area contributed by atoms with Crippen molar-refractivity contribution in [3.05, 3.63) is 53.9 Å². The highest BCUT2D eigenvalue weighted by molar-refractivity contribution is 5.67. The molecule has 0 unspecified atom stereocenters. The number of nitrogens with one attached hydrogen (secondary N) is 1. The molecule has 0 amide bonds. The SMILES string of the molecule is CCOc1cc(Nc2ncc(OCc3c(F)c(OC)cc(OC)c3F)cn2)ccc1N1CCC(N2CCOCC2)CC1. The zero-order chi connectivity index (χ0) is 29.5. The normalized spacial score (nSPS) is 16.3. The minimum absolute atomic E-state index is 0.141. The Bertz CT molecular complexity index is 1300. The van der Waals surface area contributed by atoms with Gasteiger partial charge >= 0.3 is 0 Å². The third kappa shape index (κ3) is 6.76. The molecule has 0 radical (unpaired) electrons. The number of nitrogens with zero attached hydrogens (tertiary/aromatic N) is 4. The first-order chi connectivity index (χ1) is 20.5. The van der Waals surface area contributed by atoms with Crippen LogP contribution in [0.25, 0.3) is 0 Å². The summed E-state index contributed by atoms with van der Waals surface area (Å²) >= 11 is 0. The first-order valence-corrected chi connectivity index (χ1v) is 14.1. The molecule has 10 nitrogen and oxygen atoms in total. The molecule has 1 N–H and O–H groups in total. The average Bonchev–Trinajstić information content (AvgIpc) is 3.03. The molecule has 0 spiro atoms. The van der Waals surface area contributed by atoms with Crippen LogP contribution in [0.3, 0.4) is 0 Å².